The number of ether oxygens (including phenoxy) is 1. The number of pyridine rings is 1. The van der Waals surface area contributed by atoms with Crippen molar-refractivity contribution in [2.24, 2.45) is 0 Å². The number of nitrogens with zero attached hydrogens (tertiary/aromatic N) is 1. The molecule has 0 radical (unpaired) electrons. The monoisotopic (exact) mass is 279 g/mol. The van der Waals surface area contributed by atoms with Crippen LogP contribution in [0.2, 0.25) is 0 Å². The lowest BCUT2D eigenvalue weighted by molar-refractivity contribution is 0.128. The molecular formula is C14H21N3OS. The average molecular weight is 279 g/mol. The van der Waals surface area contributed by atoms with E-state index in [1.54, 1.807) is 7.11 Å². The van der Waals surface area contributed by atoms with Gasteiger partial charge in [0.05, 0.1) is 0 Å². The smallest absolute Gasteiger partial charge is 0.162 e. The van der Waals surface area contributed by atoms with E-state index in [9.17, 15) is 0 Å². The highest BCUT2D eigenvalue weighted by Crippen LogP contribution is 2.28. The van der Waals surface area contributed by atoms with E-state index in [-0.39, 0.29) is 0 Å². The molecular weight excluding hydrogens is 258 g/mol. The third-order valence-corrected chi connectivity index (χ3v) is 3.51. The predicted molar refractivity (Wildman–Crippen MR) is 82.8 cm³/mol. The van der Waals surface area contributed by atoms with Crippen molar-refractivity contribution >= 4 is 22.7 Å². The molecule has 1 heterocycles. The summed E-state index contributed by atoms with van der Waals surface area (Å²) in [6.07, 6.45) is 4.95. The first-order valence-corrected chi connectivity index (χ1v) is 7.02. The summed E-state index contributed by atoms with van der Waals surface area (Å²) in [5, 5.41) is 11.3. The van der Waals surface area contributed by atoms with Gasteiger partial charge in [0.2, 0.25) is 0 Å². The van der Waals surface area contributed by atoms with Crippen molar-refractivity contribution < 1.29 is 4.74 Å². The van der Waals surface area contributed by atoms with Crippen molar-refractivity contribution in [3.63, 3.8) is 0 Å². The number of hydrogen-bond acceptors (Lipinski definition) is 4. The minimum Gasteiger partial charge on any atom is -0.364 e. The summed E-state index contributed by atoms with van der Waals surface area (Å²) < 4.78 is 5.45. The van der Waals surface area contributed by atoms with Gasteiger partial charge < -0.3 is 10.1 Å². The van der Waals surface area contributed by atoms with Crippen LogP contribution in [0.15, 0.2) is 30.4 Å². The minimum atomic E-state index is -0.538. The molecule has 0 aliphatic heterocycles. The number of aryl methyl sites for hydroxylation is 1. The quantitative estimate of drug-likeness (QED) is 0.372. The van der Waals surface area contributed by atoms with E-state index in [0.29, 0.717) is 11.0 Å². The fraction of sp³-hybridized carbons (Fsp3) is 0.429. The first kappa shape index (κ1) is 15.7. The summed E-state index contributed by atoms with van der Waals surface area (Å²) in [5.41, 5.74) is 0.920. The first-order valence-electron chi connectivity index (χ1n) is 6.20. The largest absolute Gasteiger partial charge is 0.364 e. The van der Waals surface area contributed by atoms with Gasteiger partial charge in [0, 0.05) is 12.8 Å². The molecule has 0 bridgehead atoms. The number of hydrogen-bond donors (Lipinski definition) is 2. The van der Waals surface area contributed by atoms with Crippen molar-refractivity contribution in [3.05, 3.63) is 36.0 Å². The highest BCUT2D eigenvalue weighted by Gasteiger charge is 2.23. The maximum absolute atomic E-state index is 7.99. The van der Waals surface area contributed by atoms with Gasteiger partial charge in [0.1, 0.15) is 10.8 Å². The Balaban J connectivity index is 2.66. The third kappa shape index (κ3) is 5.44. The molecule has 0 amide bonds. The molecule has 2 N–H and O–H groups in total. The molecule has 0 spiro atoms. The van der Waals surface area contributed by atoms with Crippen LogP contribution in [0.25, 0.3) is 0 Å². The number of allylic oxidation sites excluding steroid dienone is 1. The molecule has 0 aliphatic rings. The molecule has 104 valence electrons. The zero-order valence-corrected chi connectivity index (χ0v) is 12.7. The van der Waals surface area contributed by atoms with Gasteiger partial charge in [-0.15, -0.1) is 0 Å². The zero-order valence-electron chi connectivity index (χ0n) is 11.9. The Morgan fingerprint density at radius 1 is 1.58 bits per heavy atom. The van der Waals surface area contributed by atoms with Gasteiger partial charge in [-0.25, -0.2) is 4.98 Å². The van der Waals surface area contributed by atoms with Crippen LogP contribution in [0.5, 0.6) is 0 Å². The molecule has 0 fully saturated rings. The van der Waals surface area contributed by atoms with E-state index in [0.717, 1.165) is 12.1 Å². The van der Waals surface area contributed by atoms with Crippen molar-refractivity contribution in [2.75, 3.05) is 12.4 Å². The first-order chi connectivity index (χ1) is 8.99. The minimum absolute atomic E-state index is 0.309. The van der Waals surface area contributed by atoms with E-state index in [2.05, 4.69) is 17.2 Å². The van der Waals surface area contributed by atoms with E-state index < -0.39 is 4.93 Å². The van der Waals surface area contributed by atoms with Crippen molar-refractivity contribution in [2.45, 2.75) is 32.1 Å². The Bertz CT molecular complexity index is 462. The lowest BCUT2D eigenvalue weighted by Gasteiger charge is -2.24. The molecule has 19 heavy (non-hydrogen) atoms. The van der Waals surface area contributed by atoms with Gasteiger partial charge in [-0.3, -0.25) is 5.41 Å². The number of thioether (sulfide) groups is 1. The predicted octanol–water partition coefficient (Wildman–Crippen LogP) is 3.80. The van der Waals surface area contributed by atoms with Gasteiger partial charge in [-0.05, 0) is 50.2 Å². The second kappa shape index (κ2) is 7.31. The Hall–Kier alpha value is -1.33. The molecule has 1 aromatic heterocycles. The summed E-state index contributed by atoms with van der Waals surface area (Å²) in [6.45, 7) is 5.92. The van der Waals surface area contributed by atoms with Gasteiger partial charge >= 0.3 is 0 Å². The number of anilines is 1. The van der Waals surface area contributed by atoms with Crippen LogP contribution in [0.4, 0.5) is 5.82 Å². The molecule has 4 nitrogen and oxygen atoms in total. The molecule has 0 saturated heterocycles. The van der Waals surface area contributed by atoms with Crippen molar-refractivity contribution in [3.8, 4) is 0 Å². The van der Waals surface area contributed by atoms with Gasteiger partial charge in [0.25, 0.3) is 0 Å². The van der Waals surface area contributed by atoms with Crippen LogP contribution in [-0.4, -0.2) is 22.2 Å². The van der Waals surface area contributed by atoms with E-state index in [1.807, 2.05) is 44.2 Å². The van der Waals surface area contributed by atoms with Crippen molar-refractivity contribution in [1.29, 1.82) is 5.41 Å². The third-order valence-electron chi connectivity index (χ3n) is 2.50. The number of aromatic nitrogens is 1. The average Bonchev–Trinajstić information content (AvgIpc) is 2.36. The molecule has 1 unspecified atom stereocenters. The van der Waals surface area contributed by atoms with Crippen LogP contribution >= 0.6 is 11.8 Å². The van der Waals surface area contributed by atoms with Crippen molar-refractivity contribution in [1.82, 2.24) is 4.98 Å². The van der Waals surface area contributed by atoms with E-state index in [1.165, 1.54) is 11.8 Å². The molecule has 1 rings (SSSR count). The molecule has 1 aromatic rings. The topological polar surface area (TPSA) is 58.0 Å². The number of rotatable bonds is 5. The highest BCUT2D eigenvalue weighted by molar-refractivity contribution is 8.15. The molecule has 1 atom stereocenters. The highest BCUT2D eigenvalue weighted by atomic mass is 32.2. The second-order valence-electron chi connectivity index (χ2n) is 4.25. The van der Waals surface area contributed by atoms with Crippen LogP contribution < -0.4 is 5.32 Å². The summed E-state index contributed by atoms with van der Waals surface area (Å²) >= 11 is 1.31. The molecule has 5 heteroatoms. The molecule has 0 saturated carbocycles. The fourth-order valence-corrected chi connectivity index (χ4v) is 2.24. The number of nitrogens with one attached hydrogen (secondary N) is 2. The summed E-state index contributed by atoms with van der Waals surface area (Å²) in [7, 11) is 1.64. The van der Waals surface area contributed by atoms with E-state index >= 15 is 0 Å². The summed E-state index contributed by atoms with van der Waals surface area (Å²) in [5.74, 6) is 0.676. The Labute approximate surface area is 119 Å². The van der Waals surface area contributed by atoms with Crippen LogP contribution in [-0.2, 0) is 4.74 Å². The van der Waals surface area contributed by atoms with E-state index in [4.69, 9.17) is 10.1 Å². The van der Waals surface area contributed by atoms with Crippen LogP contribution in [0, 0.1) is 12.3 Å². The Morgan fingerprint density at radius 3 is 2.89 bits per heavy atom. The van der Waals surface area contributed by atoms with Crippen LogP contribution in [0.3, 0.4) is 0 Å². The maximum Gasteiger partial charge on any atom is 0.162 e. The lowest BCUT2D eigenvalue weighted by atomic mass is 10.3. The Morgan fingerprint density at radius 2 is 2.32 bits per heavy atom. The zero-order chi connectivity index (χ0) is 14.3. The number of methoxy groups -OCH3 is 1. The fourth-order valence-electron chi connectivity index (χ4n) is 1.43. The summed E-state index contributed by atoms with van der Waals surface area (Å²) in [4.78, 5) is 3.77. The number of amidine groups is 1. The molecule has 0 aromatic carbocycles. The Kier molecular flexibility index (Phi) is 6.05. The maximum atomic E-state index is 7.99. The van der Waals surface area contributed by atoms with Crippen LogP contribution in [0.1, 0.15) is 26.0 Å². The van der Waals surface area contributed by atoms with Gasteiger partial charge in [0.15, 0.2) is 5.17 Å². The molecule has 0 aliphatic carbocycles. The van der Waals surface area contributed by atoms with Gasteiger partial charge in [-0.2, -0.15) is 0 Å². The standard InChI is InChI=1S/C14H21N3OS/c1-5-6-10-14(3,18-4)19-13(15)17-12-9-7-8-11(2)16-12/h6-10H,5H2,1-4H3,(H2,15,16,17)/b10-6-. The SMILES string of the molecule is CC/C=C\C(C)(OC)SC(=N)Nc1cccc(C)n1. The second-order valence-corrected chi connectivity index (χ2v) is 5.67. The lowest BCUT2D eigenvalue weighted by Crippen LogP contribution is -2.24. The normalized spacial score (nSPS) is 14.3. The van der Waals surface area contributed by atoms with Gasteiger partial charge in [-0.1, -0.05) is 19.1 Å². The summed E-state index contributed by atoms with van der Waals surface area (Å²) in [6, 6.07) is 5.68.